The molecule has 0 aliphatic heterocycles. The van der Waals surface area contributed by atoms with Gasteiger partial charge in [0, 0.05) is 5.69 Å². The number of anilines is 1. The van der Waals surface area contributed by atoms with Crippen LogP contribution in [0.25, 0.3) is 5.69 Å². The van der Waals surface area contributed by atoms with Crippen molar-refractivity contribution < 1.29 is 9.53 Å². The van der Waals surface area contributed by atoms with E-state index in [9.17, 15) is 4.79 Å². The number of carbonyl (C=O) groups is 1. The molecule has 2 aromatic carbocycles. The minimum absolute atomic E-state index is 0.0786. The average Bonchev–Trinajstić information content (AvgIpc) is 3.23. The fourth-order valence-corrected chi connectivity index (χ4v) is 2.89. The summed E-state index contributed by atoms with van der Waals surface area (Å²) in [6.07, 6.45) is 4.29. The molecule has 1 atom stereocenters. The van der Waals surface area contributed by atoms with Gasteiger partial charge in [-0.15, -0.1) is 10.2 Å². The predicted octanol–water partition coefficient (Wildman–Crippen LogP) is 4.42. The predicted molar refractivity (Wildman–Crippen MR) is 110 cm³/mol. The summed E-state index contributed by atoms with van der Waals surface area (Å²) in [5.41, 5.74) is 5.12. The molecule has 0 bridgehead atoms. The van der Waals surface area contributed by atoms with Crippen molar-refractivity contribution in [2.24, 2.45) is 0 Å². The van der Waals surface area contributed by atoms with Gasteiger partial charge < -0.3 is 10.1 Å². The normalized spacial score (nSPS) is 11.9. The minimum atomic E-state index is -0.205. The highest BCUT2D eigenvalue weighted by Crippen LogP contribution is 2.28. The van der Waals surface area contributed by atoms with Gasteiger partial charge >= 0.3 is 0 Å². The van der Waals surface area contributed by atoms with Crippen molar-refractivity contribution in [3.05, 3.63) is 65.7 Å². The molecule has 1 N–H and O–H groups in total. The van der Waals surface area contributed by atoms with Crippen LogP contribution in [-0.2, 0) is 4.79 Å². The summed E-state index contributed by atoms with van der Waals surface area (Å²) in [6.45, 7) is 8.32. The minimum Gasteiger partial charge on any atom is -0.482 e. The smallest absolute Gasteiger partial charge is 0.262 e. The van der Waals surface area contributed by atoms with E-state index in [2.05, 4.69) is 35.4 Å². The summed E-state index contributed by atoms with van der Waals surface area (Å²) >= 11 is 0. The van der Waals surface area contributed by atoms with Crippen molar-refractivity contribution in [1.82, 2.24) is 14.8 Å². The van der Waals surface area contributed by atoms with Gasteiger partial charge in [-0.05, 0) is 67.1 Å². The van der Waals surface area contributed by atoms with Crippen LogP contribution in [0.15, 0.2) is 49.1 Å². The zero-order chi connectivity index (χ0) is 20.1. The van der Waals surface area contributed by atoms with Crippen LogP contribution in [0.3, 0.4) is 0 Å². The van der Waals surface area contributed by atoms with Gasteiger partial charge in [-0.2, -0.15) is 0 Å². The monoisotopic (exact) mass is 378 g/mol. The van der Waals surface area contributed by atoms with Gasteiger partial charge in [0.25, 0.3) is 5.91 Å². The Balaban J connectivity index is 1.74. The first-order valence-electron chi connectivity index (χ1n) is 9.46. The maximum Gasteiger partial charge on any atom is 0.262 e. The Kier molecular flexibility index (Phi) is 6.09. The van der Waals surface area contributed by atoms with Crippen LogP contribution < -0.4 is 10.1 Å². The Labute approximate surface area is 165 Å². The molecule has 0 unspecified atom stereocenters. The van der Waals surface area contributed by atoms with Crippen molar-refractivity contribution in [1.29, 1.82) is 0 Å². The Bertz CT molecular complexity index is 951. The lowest BCUT2D eigenvalue weighted by Crippen LogP contribution is -2.20. The van der Waals surface area contributed by atoms with Gasteiger partial charge in [-0.1, -0.05) is 26.0 Å². The molecule has 1 heterocycles. The zero-order valence-corrected chi connectivity index (χ0v) is 16.8. The topological polar surface area (TPSA) is 69.0 Å². The third kappa shape index (κ3) is 4.57. The number of aryl methyl sites for hydroxylation is 2. The molecule has 0 saturated carbocycles. The van der Waals surface area contributed by atoms with E-state index < -0.39 is 0 Å². The van der Waals surface area contributed by atoms with Gasteiger partial charge in [0.2, 0.25) is 0 Å². The van der Waals surface area contributed by atoms with Crippen molar-refractivity contribution in [2.75, 3.05) is 11.9 Å². The summed E-state index contributed by atoms with van der Waals surface area (Å²) < 4.78 is 7.62. The lowest BCUT2D eigenvalue weighted by molar-refractivity contribution is -0.118. The fourth-order valence-electron chi connectivity index (χ4n) is 2.89. The maximum absolute atomic E-state index is 12.3. The molecule has 28 heavy (non-hydrogen) atoms. The highest BCUT2D eigenvalue weighted by Gasteiger charge is 2.13. The lowest BCUT2D eigenvalue weighted by Gasteiger charge is -2.16. The molecule has 3 rings (SSSR count). The van der Waals surface area contributed by atoms with E-state index >= 15 is 0 Å². The number of nitrogens with one attached hydrogen (secondary N) is 1. The molecular formula is C22H26N4O2. The Hall–Kier alpha value is -3.15. The Morgan fingerprint density at radius 2 is 1.86 bits per heavy atom. The summed E-state index contributed by atoms with van der Waals surface area (Å²) in [5, 5.41) is 10.6. The number of carbonyl (C=O) groups excluding carboxylic acids is 1. The summed E-state index contributed by atoms with van der Waals surface area (Å²) in [7, 11) is 0. The zero-order valence-electron chi connectivity index (χ0n) is 16.8. The van der Waals surface area contributed by atoms with E-state index in [1.165, 1.54) is 11.1 Å². The highest BCUT2D eigenvalue weighted by molar-refractivity contribution is 5.92. The third-order valence-electron chi connectivity index (χ3n) is 5.01. The molecule has 0 saturated heterocycles. The van der Waals surface area contributed by atoms with Crippen LogP contribution in [0.4, 0.5) is 5.69 Å². The van der Waals surface area contributed by atoms with E-state index in [0.29, 0.717) is 11.7 Å². The summed E-state index contributed by atoms with van der Waals surface area (Å²) in [6, 6.07) is 11.8. The van der Waals surface area contributed by atoms with Gasteiger partial charge in [0.15, 0.2) is 6.61 Å². The maximum atomic E-state index is 12.3. The van der Waals surface area contributed by atoms with E-state index in [0.717, 1.165) is 23.4 Å². The van der Waals surface area contributed by atoms with Crippen molar-refractivity contribution in [2.45, 2.75) is 40.0 Å². The molecule has 6 nitrogen and oxygen atoms in total. The fraction of sp³-hybridized carbons (Fsp3) is 0.318. The van der Waals surface area contributed by atoms with E-state index in [1.54, 1.807) is 17.2 Å². The van der Waals surface area contributed by atoms with E-state index in [-0.39, 0.29) is 12.5 Å². The van der Waals surface area contributed by atoms with Crippen LogP contribution in [0.2, 0.25) is 0 Å². The average molecular weight is 378 g/mol. The molecular weight excluding hydrogens is 352 g/mol. The van der Waals surface area contributed by atoms with Crippen LogP contribution >= 0.6 is 0 Å². The number of hydrogen-bond acceptors (Lipinski definition) is 4. The second kappa shape index (κ2) is 8.69. The molecule has 0 aliphatic rings. The second-order valence-electron chi connectivity index (χ2n) is 7.04. The number of aromatic nitrogens is 3. The standard InChI is InChI=1S/C22H26N4O2/c1-5-15(2)18-7-9-21(20(11-18)26-13-23-24-14-26)28-12-22(27)25-19-8-6-16(3)17(4)10-19/h6-11,13-15H,5,12H2,1-4H3,(H,25,27)/t15-/m0/s1. The number of rotatable bonds is 7. The van der Waals surface area contributed by atoms with Crippen LogP contribution in [0, 0.1) is 13.8 Å². The van der Waals surface area contributed by atoms with Crippen molar-refractivity contribution in [3.63, 3.8) is 0 Å². The summed E-state index contributed by atoms with van der Waals surface area (Å²) in [4.78, 5) is 12.3. The van der Waals surface area contributed by atoms with Crippen molar-refractivity contribution in [3.8, 4) is 11.4 Å². The molecule has 146 valence electrons. The molecule has 0 spiro atoms. The lowest BCUT2D eigenvalue weighted by atomic mass is 9.98. The van der Waals surface area contributed by atoms with E-state index in [1.807, 2.05) is 44.2 Å². The quantitative estimate of drug-likeness (QED) is 0.661. The van der Waals surface area contributed by atoms with Gasteiger partial charge in [-0.3, -0.25) is 9.36 Å². The number of amides is 1. The molecule has 0 aliphatic carbocycles. The second-order valence-corrected chi connectivity index (χ2v) is 7.04. The largest absolute Gasteiger partial charge is 0.482 e. The molecule has 3 aromatic rings. The SMILES string of the molecule is CC[C@H](C)c1ccc(OCC(=O)Nc2ccc(C)c(C)c2)c(-n2cnnc2)c1. The first-order valence-corrected chi connectivity index (χ1v) is 9.46. The van der Waals surface area contributed by atoms with Crippen molar-refractivity contribution >= 4 is 11.6 Å². The highest BCUT2D eigenvalue weighted by atomic mass is 16.5. The van der Waals surface area contributed by atoms with Gasteiger partial charge in [0.1, 0.15) is 18.4 Å². The molecule has 0 radical (unpaired) electrons. The van der Waals surface area contributed by atoms with Crippen LogP contribution in [-0.4, -0.2) is 27.3 Å². The molecule has 6 heteroatoms. The van der Waals surface area contributed by atoms with Crippen LogP contribution in [0.1, 0.15) is 42.9 Å². The van der Waals surface area contributed by atoms with Gasteiger partial charge in [-0.25, -0.2) is 0 Å². The van der Waals surface area contributed by atoms with Crippen LogP contribution in [0.5, 0.6) is 5.75 Å². The Morgan fingerprint density at radius 1 is 1.11 bits per heavy atom. The van der Waals surface area contributed by atoms with Gasteiger partial charge in [0.05, 0.1) is 5.69 Å². The first kappa shape index (κ1) is 19.6. The third-order valence-corrected chi connectivity index (χ3v) is 5.01. The number of hydrogen-bond donors (Lipinski definition) is 1. The molecule has 1 amide bonds. The first-order chi connectivity index (χ1) is 13.5. The number of nitrogens with zero attached hydrogens (tertiary/aromatic N) is 3. The number of ether oxygens (including phenoxy) is 1. The molecule has 0 fully saturated rings. The van der Waals surface area contributed by atoms with E-state index in [4.69, 9.17) is 4.74 Å². The summed E-state index contributed by atoms with van der Waals surface area (Å²) in [5.74, 6) is 0.836. The molecule has 1 aromatic heterocycles. The number of benzene rings is 2. The Morgan fingerprint density at radius 3 is 2.54 bits per heavy atom.